The van der Waals surface area contributed by atoms with Crippen LogP contribution in [0.4, 0.5) is 13.2 Å². The van der Waals surface area contributed by atoms with E-state index in [1.54, 1.807) is 0 Å². The van der Waals surface area contributed by atoms with Gasteiger partial charge in [0.1, 0.15) is 0 Å². The number of alkyl halides is 4. The van der Waals surface area contributed by atoms with Crippen molar-refractivity contribution in [3.63, 3.8) is 0 Å². The molecule has 1 aromatic carbocycles. The van der Waals surface area contributed by atoms with E-state index >= 15 is 0 Å². The van der Waals surface area contributed by atoms with Crippen LogP contribution in [-0.4, -0.2) is 11.1 Å². The van der Waals surface area contributed by atoms with E-state index in [1.165, 1.54) is 6.92 Å². The van der Waals surface area contributed by atoms with Crippen LogP contribution in [0.25, 0.3) is 0 Å². The van der Waals surface area contributed by atoms with Gasteiger partial charge in [0.05, 0.1) is 10.9 Å². The largest absolute Gasteiger partial charge is 0.416 e. The van der Waals surface area contributed by atoms with Crippen LogP contribution < -0.4 is 0 Å². The van der Waals surface area contributed by atoms with Crippen LogP contribution >= 0.6 is 27.5 Å². The Morgan fingerprint density at radius 1 is 1.44 bits per heavy atom. The molecule has 0 aliphatic rings. The van der Waals surface area contributed by atoms with E-state index in [0.717, 1.165) is 12.1 Å². The molecule has 0 atom stereocenters. The number of ketones is 1. The Morgan fingerprint density at radius 2 is 2.00 bits per heavy atom. The van der Waals surface area contributed by atoms with E-state index in [4.69, 9.17) is 11.6 Å². The summed E-state index contributed by atoms with van der Waals surface area (Å²) in [6.07, 6.45) is -4.50. The van der Waals surface area contributed by atoms with Crippen molar-refractivity contribution in [1.29, 1.82) is 0 Å². The predicted octanol–water partition coefficient (Wildman–Crippen LogP) is 4.24. The van der Waals surface area contributed by atoms with Gasteiger partial charge in [-0.1, -0.05) is 27.5 Å². The molecular weight excluding hydrogens is 308 g/mol. The molecule has 0 aromatic heterocycles. The van der Waals surface area contributed by atoms with Crippen LogP contribution in [0.5, 0.6) is 0 Å². The van der Waals surface area contributed by atoms with E-state index in [0.29, 0.717) is 5.56 Å². The fourth-order valence-corrected chi connectivity index (χ4v) is 1.73. The van der Waals surface area contributed by atoms with Crippen LogP contribution in [0.15, 0.2) is 12.1 Å². The average Bonchev–Trinajstić information content (AvgIpc) is 2.19. The highest BCUT2D eigenvalue weighted by molar-refractivity contribution is 9.09. The number of carbonyl (C=O) groups excluding carboxylic acids is 1. The van der Waals surface area contributed by atoms with E-state index < -0.39 is 17.5 Å². The van der Waals surface area contributed by atoms with Crippen molar-refractivity contribution in [2.45, 2.75) is 13.1 Å². The van der Waals surface area contributed by atoms with E-state index in [-0.39, 0.29) is 15.9 Å². The van der Waals surface area contributed by atoms with Crippen LogP contribution in [0.3, 0.4) is 0 Å². The summed E-state index contributed by atoms with van der Waals surface area (Å²) in [4.78, 5) is 11.4. The van der Waals surface area contributed by atoms with Crippen molar-refractivity contribution in [1.82, 2.24) is 0 Å². The van der Waals surface area contributed by atoms with Gasteiger partial charge in [-0.3, -0.25) is 4.79 Å². The normalized spacial score (nSPS) is 11.6. The van der Waals surface area contributed by atoms with Gasteiger partial charge in [-0.2, -0.15) is 13.2 Å². The Bertz CT molecular complexity index is 429. The lowest BCUT2D eigenvalue weighted by Crippen LogP contribution is -2.10. The first-order valence-corrected chi connectivity index (χ1v) is 5.74. The molecule has 0 aliphatic heterocycles. The van der Waals surface area contributed by atoms with Crippen molar-refractivity contribution < 1.29 is 18.0 Å². The second-order valence-electron chi connectivity index (χ2n) is 3.19. The maximum Gasteiger partial charge on any atom is 0.416 e. The SMILES string of the molecule is Cc1c(Cl)cc(C(F)(F)F)cc1C(=O)CBr. The molecule has 1 aromatic rings. The third-order valence-electron chi connectivity index (χ3n) is 2.09. The number of hydrogen-bond acceptors (Lipinski definition) is 1. The highest BCUT2D eigenvalue weighted by Crippen LogP contribution is 2.33. The molecule has 0 unspecified atom stereocenters. The summed E-state index contributed by atoms with van der Waals surface area (Å²) >= 11 is 8.57. The lowest BCUT2D eigenvalue weighted by atomic mass is 10.0. The number of benzene rings is 1. The number of halogens is 5. The third kappa shape index (κ3) is 2.77. The molecule has 0 radical (unpaired) electrons. The average molecular weight is 316 g/mol. The molecule has 6 heteroatoms. The third-order valence-corrected chi connectivity index (χ3v) is 3.00. The number of carbonyl (C=O) groups is 1. The molecule has 0 aliphatic carbocycles. The van der Waals surface area contributed by atoms with E-state index in [9.17, 15) is 18.0 Å². The zero-order chi connectivity index (χ0) is 12.5. The molecule has 0 saturated carbocycles. The van der Waals surface area contributed by atoms with E-state index in [1.807, 2.05) is 0 Å². The molecule has 0 fully saturated rings. The second-order valence-corrected chi connectivity index (χ2v) is 4.15. The molecule has 88 valence electrons. The minimum atomic E-state index is -4.50. The standard InChI is InChI=1S/C10H7BrClF3O/c1-5-7(9(16)4-11)2-6(3-8(5)12)10(13,14)15/h2-3H,4H2,1H3. The van der Waals surface area contributed by atoms with Gasteiger partial charge >= 0.3 is 6.18 Å². The molecule has 0 N–H and O–H groups in total. The summed E-state index contributed by atoms with van der Waals surface area (Å²) < 4.78 is 37.4. The number of Topliss-reactive ketones (excluding diaryl/α,β-unsaturated/α-hetero) is 1. The molecule has 1 rings (SSSR count). The van der Waals surface area contributed by atoms with Crippen molar-refractivity contribution in [2.24, 2.45) is 0 Å². The molecule has 0 amide bonds. The molecule has 0 saturated heterocycles. The maximum absolute atomic E-state index is 12.5. The fourth-order valence-electron chi connectivity index (χ4n) is 1.20. The summed E-state index contributed by atoms with van der Waals surface area (Å²) in [5, 5.41) is -0.0926. The van der Waals surface area contributed by atoms with Gasteiger partial charge in [0, 0.05) is 10.6 Å². The monoisotopic (exact) mass is 314 g/mol. The van der Waals surface area contributed by atoms with Crippen molar-refractivity contribution in [3.05, 3.63) is 33.8 Å². The highest BCUT2D eigenvalue weighted by atomic mass is 79.9. The van der Waals surface area contributed by atoms with Crippen molar-refractivity contribution in [3.8, 4) is 0 Å². The van der Waals surface area contributed by atoms with E-state index in [2.05, 4.69) is 15.9 Å². The topological polar surface area (TPSA) is 17.1 Å². The van der Waals surface area contributed by atoms with Gasteiger partial charge in [-0.25, -0.2) is 0 Å². The Kier molecular flexibility index (Phi) is 4.02. The number of hydrogen-bond donors (Lipinski definition) is 0. The Balaban J connectivity index is 3.39. The zero-order valence-electron chi connectivity index (χ0n) is 8.16. The van der Waals surface area contributed by atoms with Gasteiger partial charge in [0.2, 0.25) is 0 Å². The fraction of sp³-hybridized carbons (Fsp3) is 0.300. The molecule has 0 heterocycles. The van der Waals surface area contributed by atoms with Crippen LogP contribution in [0.2, 0.25) is 5.02 Å². The maximum atomic E-state index is 12.5. The summed E-state index contributed by atoms with van der Waals surface area (Å²) in [6, 6.07) is 1.65. The smallest absolute Gasteiger partial charge is 0.293 e. The van der Waals surface area contributed by atoms with Gasteiger partial charge < -0.3 is 0 Å². The second kappa shape index (κ2) is 4.75. The summed E-state index contributed by atoms with van der Waals surface area (Å²) in [6.45, 7) is 1.51. The first kappa shape index (κ1) is 13.5. The van der Waals surface area contributed by atoms with Gasteiger partial charge in [-0.15, -0.1) is 0 Å². The Hall–Kier alpha value is -0.550. The Morgan fingerprint density at radius 3 is 2.44 bits per heavy atom. The Labute approximate surface area is 104 Å². The zero-order valence-corrected chi connectivity index (χ0v) is 10.5. The van der Waals surface area contributed by atoms with Crippen LogP contribution in [0.1, 0.15) is 21.5 Å². The summed E-state index contributed by atoms with van der Waals surface area (Å²) in [7, 11) is 0. The minimum Gasteiger partial charge on any atom is -0.293 e. The quantitative estimate of drug-likeness (QED) is 0.589. The summed E-state index contributed by atoms with van der Waals surface area (Å²) in [5.74, 6) is -0.425. The van der Waals surface area contributed by atoms with Crippen molar-refractivity contribution >= 4 is 33.3 Å². The molecule has 0 spiro atoms. The van der Waals surface area contributed by atoms with Crippen molar-refractivity contribution in [2.75, 3.05) is 5.33 Å². The molecule has 16 heavy (non-hydrogen) atoms. The first-order chi connectivity index (χ1) is 7.27. The number of rotatable bonds is 2. The lowest BCUT2D eigenvalue weighted by Gasteiger charge is -2.11. The lowest BCUT2D eigenvalue weighted by molar-refractivity contribution is -0.137. The highest BCUT2D eigenvalue weighted by Gasteiger charge is 2.32. The molecule has 1 nitrogen and oxygen atoms in total. The first-order valence-electron chi connectivity index (χ1n) is 4.24. The van der Waals surface area contributed by atoms with Gasteiger partial charge in [0.15, 0.2) is 5.78 Å². The molecular formula is C10H7BrClF3O. The van der Waals surface area contributed by atoms with Crippen LogP contribution in [0, 0.1) is 6.92 Å². The van der Waals surface area contributed by atoms with Crippen LogP contribution in [-0.2, 0) is 6.18 Å². The summed E-state index contributed by atoms with van der Waals surface area (Å²) in [5.41, 5.74) is -0.553. The van der Waals surface area contributed by atoms with Gasteiger partial charge in [0.25, 0.3) is 0 Å². The van der Waals surface area contributed by atoms with Gasteiger partial charge in [-0.05, 0) is 24.6 Å². The molecule has 0 bridgehead atoms. The predicted molar refractivity (Wildman–Crippen MR) is 59.3 cm³/mol. The minimum absolute atomic E-state index is 0.00306.